The van der Waals surface area contributed by atoms with E-state index in [0.717, 1.165) is 22.0 Å². The lowest BCUT2D eigenvalue weighted by Gasteiger charge is -2.16. The molecule has 0 saturated heterocycles. The highest BCUT2D eigenvalue weighted by Crippen LogP contribution is 2.36. The molecule has 0 bridgehead atoms. The van der Waals surface area contributed by atoms with Gasteiger partial charge < -0.3 is 9.47 Å². The van der Waals surface area contributed by atoms with Crippen LogP contribution in [0.5, 0.6) is 11.5 Å². The van der Waals surface area contributed by atoms with Crippen LogP contribution in [0.3, 0.4) is 0 Å². The predicted octanol–water partition coefficient (Wildman–Crippen LogP) is 5.58. The standard InChI is InChI=1S/C29H24ClN3O4/c1-2-36-26-15-19(12-13-25(26)37-18-20-6-3-9-22(30)14-20)16-31-32-27(34)17-33-24-11-5-8-21-7-4-10-23(28(21)24)29(33)35/h3-16H,2,17-18H2,1H3,(H,32,34)/b31-16-. The van der Waals surface area contributed by atoms with Crippen molar-refractivity contribution in [1.82, 2.24) is 5.43 Å². The van der Waals surface area contributed by atoms with Gasteiger partial charge in [0, 0.05) is 16.0 Å². The van der Waals surface area contributed by atoms with Crippen LogP contribution in [0.4, 0.5) is 5.69 Å². The van der Waals surface area contributed by atoms with Gasteiger partial charge >= 0.3 is 0 Å². The van der Waals surface area contributed by atoms with Crippen molar-refractivity contribution in [3.63, 3.8) is 0 Å². The van der Waals surface area contributed by atoms with E-state index in [1.165, 1.54) is 11.1 Å². The number of hydrogen-bond donors (Lipinski definition) is 1. The van der Waals surface area contributed by atoms with Crippen LogP contribution in [0.2, 0.25) is 5.02 Å². The molecule has 1 aliphatic rings. The Labute approximate surface area is 219 Å². The summed E-state index contributed by atoms with van der Waals surface area (Å²) >= 11 is 6.05. The smallest absolute Gasteiger partial charge is 0.260 e. The molecule has 0 spiro atoms. The highest BCUT2D eigenvalue weighted by molar-refractivity contribution is 6.30. The van der Waals surface area contributed by atoms with Crippen molar-refractivity contribution in [3.05, 3.63) is 101 Å². The molecule has 0 aromatic heterocycles. The number of carbonyl (C=O) groups is 2. The number of anilines is 1. The number of halogens is 1. The van der Waals surface area contributed by atoms with Gasteiger partial charge in [0.2, 0.25) is 0 Å². The van der Waals surface area contributed by atoms with Gasteiger partial charge in [-0.3, -0.25) is 14.5 Å². The first-order valence-corrected chi connectivity index (χ1v) is 12.2. The Bertz CT molecular complexity index is 1510. The molecule has 0 atom stereocenters. The topological polar surface area (TPSA) is 80.2 Å². The molecule has 0 unspecified atom stereocenters. The maximum Gasteiger partial charge on any atom is 0.260 e. The SMILES string of the molecule is CCOc1cc(/C=N\NC(=O)CN2C(=O)c3cccc4cccc2c34)ccc1OCc1cccc(Cl)c1. The van der Waals surface area contributed by atoms with Crippen LogP contribution in [-0.4, -0.2) is 31.2 Å². The zero-order chi connectivity index (χ0) is 25.8. The highest BCUT2D eigenvalue weighted by Gasteiger charge is 2.30. The van der Waals surface area contributed by atoms with Crippen molar-refractivity contribution in [3.8, 4) is 11.5 Å². The van der Waals surface area contributed by atoms with Crippen molar-refractivity contribution < 1.29 is 19.1 Å². The molecule has 4 aromatic rings. The average molecular weight is 514 g/mol. The molecule has 186 valence electrons. The van der Waals surface area contributed by atoms with Crippen molar-refractivity contribution in [2.24, 2.45) is 5.10 Å². The lowest BCUT2D eigenvalue weighted by molar-refractivity contribution is -0.119. The third-order valence-corrected chi connectivity index (χ3v) is 6.14. The fourth-order valence-corrected chi connectivity index (χ4v) is 4.49. The molecule has 1 heterocycles. The molecule has 1 N–H and O–H groups in total. The summed E-state index contributed by atoms with van der Waals surface area (Å²) in [5, 5.41) is 6.55. The predicted molar refractivity (Wildman–Crippen MR) is 145 cm³/mol. The van der Waals surface area contributed by atoms with Crippen LogP contribution < -0.4 is 19.8 Å². The lowest BCUT2D eigenvalue weighted by Crippen LogP contribution is -2.37. The molecular formula is C29H24ClN3O4. The second-order valence-electron chi connectivity index (χ2n) is 8.42. The van der Waals surface area contributed by atoms with E-state index in [0.29, 0.717) is 40.9 Å². The van der Waals surface area contributed by atoms with E-state index in [-0.39, 0.29) is 12.5 Å². The quantitative estimate of drug-likeness (QED) is 0.234. The minimum Gasteiger partial charge on any atom is -0.490 e. The maximum atomic E-state index is 12.9. The summed E-state index contributed by atoms with van der Waals surface area (Å²) in [5.74, 6) is 0.555. The number of hydrazone groups is 1. The molecule has 7 nitrogen and oxygen atoms in total. The summed E-state index contributed by atoms with van der Waals surface area (Å²) in [6.07, 6.45) is 1.52. The van der Waals surface area contributed by atoms with Crippen molar-refractivity contribution in [2.75, 3.05) is 18.1 Å². The van der Waals surface area contributed by atoms with Crippen LogP contribution in [0.15, 0.2) is 84.0 Å². The minimum atomic E-state index is -0.402. The molecule has 0 saturated carbocycles. The third kappa shape index (κ3) is 5.27. The molecule has 0 radical (unpaired) electrons. The van der Waals surface area contributed by atoms with Crippen molar-refractivity contribution in [1.29, 1.82) is 0 Å². The molecule has 2 amide bonds. The Morgan fingerprint density at radius 1 is 1.00 bits per heavy atom. The largest absolute Gasteiger partial charge is 0.490 e. The van der Waals surface area contributed by atoms with E-state index < -0.39 is 5.91 Å². The number of rotatable bonds is 9. The Morgan fingerprint density at radius 2 is 1.81 bits per heavy atom. The van der Waals surface area contributed by atoms with Crippen LogP contribution in [0.25, 0.3) is 10.8 Å². The van der Waals surface area contributed by atoms with Crippen molar-refractivity contribution in [2.45, 2.75) is 13.5 Å². The first-order valence-electron chi connectivity index (χ1n) is 11.8. The summed E-state index contributed by atoms with van der Waals surface area (Å²) in [6, 6.07) is 24.1. The third-order valence-electron chi connectivity index (χ3n) is 5.90. The molecule has 8 heteroatoms. The number of nitrogens with zero attached hydrogens (tertiary/aromatic N) is 2. The van der Waals surface area contributed by atoms with E-state index in [4.69, 9.17) is 21.1 Å². The normalized spacial score (nSPS) is 12.4. The molecule has 1 aliphatic heterocycles. The molecule has 4 aromatic carbocycles. The Morgan fingerprint density at radius 3 is 2.62 bits per heavy atom. The Balaban J connectivity index is 1.22. The van der Waals surface area contributed by atoms with E-state index in [2.05, 4.69) is 10.5 Å². The summed E-state index contributed by atoms with van der Waals surface area (Å²) < 4.78 is 11.7. The Hall–Kier alpha value is -4.36. The van der Waals surface area contributed by atoms with Gasteiger partial charge in [-0.25, -0.2) is 5.43 Å². The zero-order valence-corrected chi connectivity index (χ0v) is 20.9. The first kappa shape index (κ1) is 24.3. The van der Waals surface area contributed by atoms with E-state index in [9.17, 15) is 9.59 Å². The van der Waals surface area contributed by atoms with Crippen LogP contribution in [-0.2, 0) is 11.4 Å². The molecule has 0 aliphatic carbocycles. The number of amides is 2. The van der Waals surface area contributed by atoms with Crippen LogP contribution in [0, 0.1) is 0 Å². The summed E-state index contributed by atoms with van der Waals surface area (Å²) in [5.41, 5.74) is 5.50. The van der Waals surface area contributed by atoms with Crippen LogP contribution >= 0.6 is 11.6 Å². The second-order valence-corrected chi connectivity index (χ2v) is 8.86. The molecule has 5 rings (SSSR count). The number of benzene rings is 4. The van der Waals surface area contributed by atoms with Gasteiger partial charge in [-0.15, -0.1) is 0 Å². The monoisotopic (exact) mass is 513 g/mol. The number of carbonyl (C=O) groups excluding carboxylic acids is 2. The van der Waals surface area contributed by atoms with Gasteiger partial charge in [-0.1, -0.05) is 48.0 Å². The van der Waals surface area contributed by atoms with Crippen LogP contribution in [0.1, 0.15) is 28.4 Å². The fourth-order valence-electron chi connectivity index (χ4n) is 4.27. The van der Waals surface area contributed by atoms with E-state index in [1.54, 1.807) is 18.2 Å². The molecule has 0 fully saturated rings. The van der Waals surface area contributed by atoms with Gasteiger partial charge in [-0.2, -0.15) is 5.10 Å². The van der Waals surface area contributed by atoms with Crippen molar-refractivity contribution >= 4 is 46.1 Å². The fraction of sp³-hybridized carbons (Fsp3) is 0.138. The summed E-state index contributed by atoms with van der Waals surface area (Å²) in [4.78, 5) is 26.9. The highest BCUT2D eigenvalue weighted by atomic mass is 35.5. The minimum absolute atomic E-state index is 0.134. The van der Waals surface area contributed by atoms with Gasteiger partial charge in [0.05, 0.1) is 18.5 Å². The van der Waals surface area contributed by atoms with Gasteiger partial charge in [0.25, 0.3) is 11.8 Å². The average Bonchev–Trinajstić information content (AvgIpc) is 3.16. The van der Waals surface area contributed by atoms with Gasteiger partial charge in [0.1, 0.15) is 13.2 Å². The number of nitrogens with one attached hydrogen (secondary N) is 1. The zero-order valence-electron chi connectivity index (χ0n) is 20.1. The lowest BCUT2D eigenvalue weighted by atomic mass is 10.1. The molecule has 37 heavy (non-hydrogen) atoms. The number of hydrogen-bond acceptors (Lipinski definition) is 5. The summed E-state index contributed by atoms with van der Waals surface area (Å²) in [6.45, 7) is 2.56. The molecular weight excluding hydrogens is 490 g/mol. The first-order chi connectivity index (χ1) is 18.0. The number of ether oxygens (including phenoxy) is 2. The van der Waals surface area contributed by atoms with E-state index in [1.807, 2.05) is 67.6 Å². The van der Waals surface area contributed by atoms with Gasteiger partial charge in [0.15, 0.2) is 11.5 Å². The Kier molecular flexibility index (Phi) is 7.05. The van der Waals surface area contributed by atoms with Gasteiger partial charge in [-0.05, 0) is 65.9 Å². The second kappa shape index (κ2) is 10.7. The van der Waals surface area contributed by atoms with E-state index >= 15 is 0 Å². The summed E-state index contributed by atoms with van der Waals surface area (Å²) in [7, 11) is 0. The maximum absolute atomic E-state index is 12.9.